The molecule has 0 saturated heterocycles. The smallest absolute Gasteiger partial charge is 0.216 e. The number of aryl methyl sites for hydroxylation is 2. The van der Waals surface area contributed by atoms with E-state index >= 15 is 0 Å². The third kappa shape index (κ3) is 2.80. The average molecular weight is 354 g/mol. The molecule has 128 valence electrons. The SMILES string of the molecule is CNc1nc(-c2cc([C@@H]3C[C@H]3c3cnc(C)s3)nn2C)cnc1N=N. The second-order valence-electron chi connectivity index (χ2n) is 6.10. The third-order valence-electron chi connectivity index (χ3n) is 4.43. The Balaban J connectivity index is 1.62. The van der Waals surface area contributed by atoms with Gasteiger partial charge >= 0.3 is 0 Å². The van der Waals surface area contributed by atoms with Crippen molar-refractivity contribution in [1.29, 1.82) is 5.53 Å². The molecule has 1 saturated carbocycles. The van der Waals surface area contributed by atoms with Crippen LogP contribution in [-0.4, -0.2) is 31.8 Å². The molecule has 3 heterocycles. The van der Waals surface area contributed by atoms with E-state index in [0.717, 1.165) is 22.8 Å². The van der Waals surface area contributed by atoms with E-state index in [9.17, 15) is 0 Å². The first-order chi connectivity index (χ1) is 12.1. The van der Waals surface area contributed by atoms with E-state index in [1.54, 1.807) is 24.6 Å². The van der Waals surface area contributed by atoms with Gasteiger partial charge in [-0.05, 0) is 19.4 Å². The minimum Gasteiger partial charge on any atom is -0.370 e. The number of nitrogens with zero attached hydrogens (tertiary/aromatic N) is 6. The van der Waals surface area contributed by atoms with Gasteiger partial charge in [-0.3, -0.25) is 4.68 Å². The number of aromatic nitrogens is 5. The van der Waals surface area contributed by atoms with E-state index in [2.05, 4.69) is 36.5 Å². The summed E-state index contributed by atoms with van der Waals surface area (Å²) in [5.74, 6) is 1.73. The maximum absolute atomic E-state index is 7.14. The van der Waals surface area contributed by atoms with Gasteiger partial charge in [0.2, 0.25) is 5.82 Å². The molecule has 3 aromatic heterocycles. The zero-order chi connectivity index (χ0) is 17.6. The Morgan fingerprint density at radius 2 is 2.16 bits per heavy atom. The summed E-state index contributed by atoms with van der Waals surface area (Å²) in [6, 6.07) is 2.08. The molecule has 4 rings (SSSR count). The van der Waals surface area contributed by atoms with Crippen LogP contribution in [0, 0.1) is 12.5 Å². The van der Waals surface area contributed by atoms with Crippen LogP contribution in [0.15, 0.2) is 23.6 Å². The van der Waals surface area contributed by atoms with E-state index in [4.69, 9.17) is 5.53 Å². The normalized spacial score (nSPS) is 19.0. The van der Waals surface area contributed by atoms with E-state index in [-0.39, 0.29) is 5.82 Å². The van der Waals surface area contributed by atoms with Gasteiger partial charge in [-0.15, -0.1) is 16.5 Å². The number of anilines is 1. The fourth-order valence-corrected chi connectivity index (χ4v) is 4.02. The Bertz CT molecular complexity index is 944. The number of hydrogen-bond acceptors (Lipinski definition) is 8. The van der Waals surface area contributed by atoms with Gasteiger partial charge in [0.1, 0.15) is 5.69 Å². The average Bonchev–Trinajstić information content (AvgIpc) is 3.15. The van der Waals surface area contributed by atoms with Crippen LogP contribution in [0.2, 0.25) is 0 Å². The molecule has 0 spiro atoms. The Kier molecular flexibility index (Phi) is 3.79. The topological polar surface area (TPSA) is 105 Å². The molecule has 0 radical (unpaired) electrons. The molecule has 0 bridgehead atoms. The van der Waals surface area contributed by atoms with Gasteiger partial charge in [0.25, 0.3) is 0 Å². The van der Waals surface area contributed by atoms with Crippen LogP contribution in [0.25, 0.3) is 11.4 Å². The van der Waals surface area contributed by atoms with Crippen LogP contribution >= 0.6 is 11.3 Å². The summed E-state index contributed by atoms with van der Waals surface area (Å²) in [5, 5.41) is 12.1. The molecule has 3 aromatic rings. The predicted octanol–water partition coefficient (Wildman–Crippen LogP) is 3.62. The molecule has 9 heteroatoms. The molecule has 1 aliphatic carbocycles. The van der Waals surface area contributed by atoms with Crippen LogP contribution < -0.4 is 5.32 Å². The van der Waals surface area contributed by atoms with E-state index in [0.29, 0.717) is 23.3 Å². The first-order valence-electron chi connectivity index (χ1n) is 7.99. The maximum Gasteiger partial charge on any atom is 0.216 e. The summed E-state index contributed by atoms with van der Waals surface area (Å²) in [5.41, 5.74) is 9.84. The van der Waals surface area contributed by atoms with E-state index in [1.165, 1.54) is 4.88 Å². The number of hydrogen-bond donors (Lipinski definition) is 2. The van der Waals surface area contributed by atoms with Gasteiger partial charge in [-0.2, -0.15) is 5.10 Å². The van der Waals surface area contributed by atoms with Crippen molar-refractivity contribution in [2.45, 2.75) is 25.2 Å². The molecular formula is C16H18N8S. The van der Waals surface area contributed by atoms with Gasteiger partial charge in [0, 0.05) is 37.0 Å². The highest BCUT2D eigenvalue weighted by atomic mass is 32.1. The Morgan fingerprint density at radius 3 is 2.84 bits per heavy atom. The third-order valence-corrected chi connectivity index (χ3v) is 5.48. The van der Waals surface area contributed by atoms with Crippen molar-refractivity contribution >= 4 is 23.0 Å². The minimum atomic E-state index is 0.275. The molecule has 0 amide bonds. The lowest BCUT2D eigenvalue weighted by Gasteiger charge is -2.05. The second-order valence-corrected chi connectivity index (χ2v) is 7.36. The van der Waals surface area contributed by atoms with E-state index < -0.39 is 0 Å². The van der Waals surface area contributed by atoms with E-state index in [1.807, 2.05) is 24.9 Å². The summed E-state index contributed by atoms with van der Waals surface area (Å²) in [4.78, 5) is 14.4. The first-order valence-corrected chi connectivity index (χ1v) is 8.81. The van der Waals surface area contributed by atoms with Crippen LogP contribution in [0.5, 0.6) is 0 Å². The molecule has 2 atom stereocenters. The van der Waals surface area contributed by atoms with Crippen LogP contribution in [0.3, 0.4) is 0 Å². The monoisotopic (exact) mass is 354 g/mol. The molecule has 1 aliphatic rings. The van der Waals surface area contributed by atoms with Crippen molar-refractivity contribution in [2.24, 2.45) is 12.2 Å². The van der Waals surface area contributed by atoms with Crippen molar-refractivity contribution < 1.29 is 0 Å². The second kappa shape index (κ2) is 5.99. The molecule has 25 heavy (non-hydrogen) atoms. The summed E-state index contributed by atoms with van der Waals surface area (Å²) in [6.07, 6.45) is 4.73. The number of thiazole rings is 1. The van der Waals surface area contributed by atoms with Crippen molar-refractivity contribution in [3.63, 3.8) is 0 Å². The lowest BCUT2D eigenvalue weighted by atomic mass is 10.2. The molecule has 0 unspecified atom stereocenters. The maximum atomic E-state index is 7.14. The Hall–Kier alpha value is -2.68. The Morgan fingerprint density at radius 1 is 1.32 bits per heavy atom. The van der Waals surface area contributed by atoms with Gasteiger partial charge in [-0.1, -0.05) is 0 Å². The van der Waals surface area contributed by atoms with Crippen molar-refractivity contribution in [2.75, 3.05) is 12.4 Å². The Labute approximate surface area is 148 Å². The fourth-order valence-electron chi connectivity index (χ4n) is 3.05. The van der Waals surface area contributed by atoms with Crippen LogP contribution in [0.1, 0.15) is 33.8 Å². The highest BCUT2D eigenvalue weighted by Crippen LogP contribution is 2.55. The van der Waals surface area contributed by atoms with Gasteiger partial charge in [-0.25, -0.2) is 20.5 Å². The molecule has 0 aliphatic heterocycles. The van der Waals surface area contributed by atoms with Gasteiger partial charge < -0.3 is 5.32 Å². The highest BCUT2D eigenvalue weighted by molar-refractivity contribution is 7.11. The predicted molar refractivity (Wildman–Crippen MR) is 95.5 cm³/mol. The first kappa shape index (κ1) is 15.8. The molecular weight excluding hydrogens is 336 g/mol. The fraction of sp³-hybridized carbons (Fsp3) is 0.375. The summed E-state index contributed by atoms with van der Waals surface area (Å²) >= 11 is 1.77. The summed E-state index contributed by atoms with van der Waals surface area (Å²) in [6.45, 7) is 2.04. The zero-order valence-electron chi connectivity index (χ0n) is 14.2. The highest BCUT2D eigenvalue weighted by Gasteiger charge is 2.42. The summed E-state index contributed by atoms with van der Waals surface area (Å²) < 4.78 is 1.84. The van der Waals surface area contributed by atoms with Gasteiger partial charge in [0.15, 0.2) is 5.82 Å². The lowest BCUT2D eigenvalue weighted by Crippen LogP contribution is -2.00. The van der Waals surface area contributed by atoms with Crippen molar-refractivity contribution in [1.82, 2.24) is 24.7 Å². The zero-order valence-corrected chi connectivity index (χ0v) is 15.0. The summed E-state index contributed by atoms with van der Waals surface area (Å²) in [7, 11) is 3.65. The lowest BCUT2D eigenvalue weighted by molar-refractivity contribution is 0.745. The van der Waals surface area contributed by atoms with Gasteiger partial charge in [0.05, 0.1) is 22.6 Å². The number of rotatable bonds is 5. The van der Waals surface area contributed by atoms with Crippen LogP contribution in [-0.2, 0) is 7.05 Å². The molecule has 2 N–H and O–H groups in total. The molecule has 0 aromatic carbocycles. The number of nitrogens with one attached hydrogen (secondary N) is 2. The molecule has 8 nitrogen and oxygen atoms in total. The largest absolute Gasteiger partial charge is 0.370 e. The standard InChI is InChI=1S/C16H18N8S/c1-8-19-7-14(25-8)10-4-9(10)11-5-13(24(3)23-11)12-6-20-16(22-17)15(18-2)21-12/h5-7,9-10,17H,4H2,1-3H3,(H,18,21)/t9-,10-/m1/s1. The van der Waals surface area contributed by atoms with Crippen molar-refractivity contribution in [3.05, 3.63) is 34.0 Å². The molecule has 1 fully saturated rings. The minimum absolute atomic E-state index is 0.275. The van der Waals surface area contributed by atoms with Crippen molar-refractivity contribution in [3.8, 4) is 11.4 Å². The van der Waals surface area contributed by atoms with Crippen LogP contribution in [0.4, 0.5) is 11.6 Å². The quantitative estimate of drug-likeness (QED) is 0.681.